The molecule has 0 heterocycles. The largest absolute Gasteiger partial charge is 0.393 e. The number of aliphatic hydroxyl groups is 2. The van der Waals surface area contributed by atoms with E-state index in [1.165, 1.54) is 0 Å². The third kappa shape index (κ3) is 6.16. The van der Waals surface area contributed by atoms with Gasteiger partial charge in [0.05, 0.1) is 12.2 Å². The van der Waals surface area contributed by atoms with E-state index < -0.39 is 0 Å². The van der Waals surface area contributed by atoms with Crippen molar-refractivity contribution >= 4 is 0 Å². The van der Waals surface area contributed by atoms with Crippen LogP contribution in [0.3, 0.4) is 0 Å². The van der Waals surface area contributed by atoms with Gasteiger partial charge in [-0.25, -0.2) is 0 Å². The van der Waals surface area contributed by atoms with Gasteiger partial charge in [0.25, 0.3) is 0 Å². The third-order valence-electron chi connectivity index (χ3n) is 3.17. The first kappa shape index (κ1) is 14.9. The van der Waals surface area contributed by atoms with Crippen molar-refractivity contribution in [2.45, 2.75) is 77.9 Å². The minimum Gasteiger partial charge on any atom is -0.393 e. The molecule has 0 spiro atoms. The number of rotatable bonds is 9. The Balaban J connectivity index is 3.96. The quantitative estimate of drug-likeness (QED) is 0.621. The highest BCUT2D eigenvalue weighted by atomic mass is 16.3. The van der Waals surface area contributed by atoms with Gasteiger partial charge in [-0.15, -0.1) is 0 Å². The second kappa shape index (κ2) is 9.17. The first-order chi connectivity index (χ1) is 7.17. The Morgan fingerprint density at radius 2 is 1.20 bits per heavy atom. The van der Waals surface area contributed by atoms with Crippen LogP contribution >= 0.6 is 0 Å². The molecule has 2 N–H and O–H groups in total. The fourth-order valence-electron chi connectivity index (χ4n) is 2.06. The molecule has 0 aliphatic carbocycles. The molecule has 0 fully saturated rings. The lowest BCUT2D eigenvalue weighted by atomic mass is 9.88. The standard InChI is InChI=1S/C13H28O2/c1-4-7-9-12(14)11(6-3)13(15)10-8-5-2/h11-15H,4-10H2,1-3H3. The molecule has 0 aromatic carbocycles. The number of hydrogen-bond acceptors (Lipinski definition) is 2. The molecule has 15 heavy (non-hydrogen) atoms. The lowest BCUT2D eigenvalue weighted by Crippen LogP contribution is -2.31. The van der Waals surface area contributed by atoms with Crippen LogP contribution < -0.4 is 0 Å². The van der Waals surface area contributed by atoms with Crippen molar-refractivity contribution < 1.29 is 10.2 Å². The van der Waals surface area contributed by atoms with Crippen molar-refractivity contribution in [1.82, 2.24) is 0 Å². The molecule has 0 saturated carbocycles. The lowest BCUT2D eigenvalue weighted by Gasteiger charge is -2.26. The van der Waals surface area contributed by atoms with Crippen LogP contribution in [0.4, 0.5) is 0 Å². The second-order valence-corrected chi connectivity index (χ2v) is 4.49. The van der Waals surface area contributed by atoms with Gasteiger partial charge in [0, 0.05) is 5.92 Å². The first-order valence-electron chi connectivity index (χ1n) is 6.53. The summed E-state index contributed by atoms with van der Waals surface area (Å²) in [6.07, 6.45) is 6.23. The zero-order valence-corrected chi connectivity index (χ0v) is 10.6. The maximum atomic E-state index is 9.95. The fourth-order valence-corrected chi connectivity index (χ4v) is 2.06. The van der Waals surface area contributed by atoms with E-state index in [0.717, 1.165) is 44.9 Å². The molecule has 0 aromatic rings. The van der Waals surface area contributed by atoms with Crippen LogP contribution in [0.5, 0.6) is 0 Å². The van der Waals surface area contributed by atoms with Crippen LogP contribution in [0.15, 0.2) is 0 Å². The maximum absolute atomic E-state index is 9.95. The highest BCUT2D eigenvalue weighted by Gasteiger charge is 2.24. The molecule has 0 aromatic heterocycles. The lowest BCUT2D eigenvalue weighted by molar-refractivity contribution is 0.000701. The Hall–Kier alpha value is -0.0800. The summed E-state index contributed by atoms with van der Waals surface area (Å²) in [5, 5.41) is 19.9. The fraction of sp³-hybridized carbons (Fsp3) is 1.00. The molecule has 0 aliphatic rings. The van der Waals surface area contributed by atoms with Crippen LogP contribution in [0.25, 0.3) is 0 Å². The zero-order chi connectivity index (χ0) is 11.7. The van der Waals surface area contributed by atoms with Gasteiger partial charge in [-0.2, -0.15) is 0 Å². The van der Waals surface area contributed by atoms with Crippen LogP contribution in [0.2, 0.25) is 0 Å². The summed E-state index contributed by atoms with van der Waals surface area (Å²) in [4.78, 5) is 0. The van der Waals surface area contributed by atoms with Crippen molar-refractivity contribution in [2.75, 3.05) is 0 Å². The van der Waals surface area contributed by atoms with Gasteiger partial charge in [0.2, 0.25) is 0 Å². The number of hydrogen-bond donors (Lipinski definition) is 2. The van der Waals surface area contributed by atoms with Crippen LogP contribution in [0, 0.1) is 5.92 Å². The van der Waals surface area contributed by atoms with E-state index in [4.69, 9.17) is 0 Å². The SMILES string of the molecule is CCCCC(O)C(CC)C(O)CCCC. The van der Waals surface area contributed by atoms with Crippen LogP contribution in [-0.4, -0.2) is 22.4 Å². The normalized spacial score (nSPS) is 17.4. The minimum atomic E-state index is -0.318. The van der Waals surface area contributed by atoms with Gasteiger partial charge < -0.3 is 10.2 Å². The molecule has 0 saturated heterocycles. The van der Waals surface area contributed by atoms with Crippen molar-refractivity contribution in [3.05, 3.63) is 0 Å². The first-order valence-corrected chi connectivity index (χ1v) is 6.53. The molecule has 0 aliphatic heterocycles. The molecule has 0 bridgehead atoms. The summed E-state index contributed by atoms with van der Waals surface area (Å²) in [7, 11) is 0. The van der Waals surface area contributed by atoms with Gasteiger partial charge in [-0.05, 0) is 19.3 Å². The highest BCUT2D eigenvalue weighted by molar-refractivity contribution is 4.75. The predicted octanol–water partition coefficient (Wildman–Crippen LogP) is 3.11. The number of unbranched alkanes of at least 4 members (excludes halogenated alkanes) is 2. The highest BCUT2D eigenvalue weighted by Crippen LogP contribution is 2.21. The molecule has 2 heteroatoms. The van der Waals surface area contributed by atoms with Crippen molar-refractivity contribution in [3.63, 3.8) is 0 Å². The Kier molecular flexibility index (Phi) is 9.12. The van der Waals surface area contributed by atoms with E-state index in [9.17, 15) is 10.2 Å². The molecule has 0 amide bonds. The summed E-state index contributed by atoms with van der Waals surface area (Å²) < 4.78 is 0. The predicted molar refractivity (Wildman–Crippen MR) is 64.8 cm³/mol. The Labute approximate surface area is 94.7 Å². The zero-order valence-electron chi connectivity index (χ0n) is 10.6. The molecular weight excluding hydrogens is 188 g/mol. The average Bonchev–Trinajstić information content (AvgIpc) is 2.24. The summed E-state index contributed by atoms with van der Waals surface area (Å²) in [5.74, 6) is 0.0723. The molecule has 2 unspecified atom stereocenters. The molecule has 0 rings (SSSR count). The smallest absolute Gasteiger partial charge is 0.0593 e. The summed E-state index contributed by atoms with van der Waals surface area (Å²) in [5.41, 5.74) is 0. The molecular formula is C13H28O2. The second-order valence-electron chi connectivity index (χ2n) is 4.49. The summed E-state index contributed by atoms with van der Waals surface area (Å²) in [6, 6.07) is 0. The molecule has 0 radical (unpaired) electrons. The summed E-state index contributed by atoms with van der Waals surface area (Å²) >= 11 is 0. The Morgan fingerprint density at radius 1 is 0.800 bits per heavy atom. The van der Waals surface area contributed by atoms with Gasteiger partial charge in [0.1, 0.15) is 0 Å². The Bertz CT molecular complexity index is 122. The van der Waals surface area contributed by atoms with Crippen molar-refractivity contribution in [3.8, 4) is 0 Å². The van der Waals surface area contributed by atoms with Crippen LogP contribution in [0.1, 0.15) is 65.7 Å². The van der Waals surface area contributed by atoms with E-state index in [1.54, 1.807) is 0 Å². The van der Waals surface area contributed by atoms with Gasteiger partial charge in [0.15, 0.2) is 0 Å². The van der Waals surface area contributed by atoms with Crippen molar-refractivity contribution in [2.24, 2.45) is 5.92 Å². The van der Waals surface area contributed by atoms with E-state index in [1.807, 2.05) is 0 Å². The average molecular weight is 216 g/mol. The topological polar surface area (TPSA) is 40.5 Å². The molecule has 92 valence electrons. The summed E-state index contributed by atoms with van der Waals surface area (Å²) in [6.45, 7) is 6.30. The Morgan fingerprint density at radius 3 is 1.47 bits per heavy atom. The van der Waals surface area contributed by atoms with Gasteiger partial charge in [-0.3, -0.25) is 0 Å². The van der Waals surface area contributed by atoms with Gasteiger partial charge >= 0.3 is 0 Å². The minimum absolute atomic E-state index is 0.0723. The number of aliphatic hydroxyl groups excluding tert-OH is 2. The molecule has 2 atom stereocenters. The van der Waals surface area contributed by atoms with E-state index in [0.29, 0.717) is 0 Å². The third-order valence-corrected chi connectivity index (χ3v) is 3.17. The van der Waals surface area contributed by atoms with E-state index in [-0.39, 0.29) is 18.1 Å². The monoisotopic (exact) mass is 216 g/mol. The van der Waals surface area contributed by atoms with E-state index in [2.05, 4.69) is 20.8 Å². The van der Waals surface area contributed by atoms with Crippen molar-refractivity contribution in [1.29, 1.82) is 0 Å². The maximum Gasteiger partial charge on any atom is 0.0593 e. The van der Waals surface area contributed by atoms with E-state index >= 15 is 0 Å². The molecule has 2 nitrogen and oxygen atoms in total. The van der Waals surface area contributed by atoms with Crippen LogP contribution in [-0.2, 0) is 0 Å². The van der Waals surface area contributed by atoms with Gasteiger partial charge in [-0.1, -0.05) is 46.5 Å².